The standard InChI is InChI=1S/C16H23FN2O/c1-20-15-9-5-8-13(16(15)17)11-14(19-18)10-12-6-3-2-4-7-12/h5-6,8-9,14,19H,2-4,7,10-11,18H2,1H3. The van der Waals surface area contributed by atoms with Gasteiger partial charge in [0.2, 0.25) is 0 Å². The third-order valence-corrected chi connectivity index (χ3v) is 3.86. The van der Waals surface area contributed by atoms with Gasteiger partial charge in [0.25, 0.3) is 0 Å². The molecule has 3 N–H and O–H groups in total. The number of nitrogens with one attached hydrogen (secondary N) is 1. The fourth-order valence-electron chi connectivity index (χ4n) is 2.73. The molecular weight excluding hydrogens is 255 g/mol. The average Bonchev–Trinajstić information content (AvgIpc) is 2.49. The highest BCUT2D eigenvalue weighted by Crippen LogP contribution is 2.25. The molecule has 0 bridgehead atoms. The summed E-state index contributed by atoms with van der Waals surface area (Å²) in [5.41, 5.74) is 4.89. The summed E-state index contributed by atoms with van der Waals surface area (Å²) in [7, 11) is 1.48. The van der Waals surface area contributed by atoms with Crippen molar-refractivity contribution in [3.63, 3.8) is 0 Å². The van der Waals surface area contributed by atoms with Gasteiger partial charge in [-0.15, -0.1) is 0 Å². The van der Waals surface area contributed by atoms with E-state index in [1.807, 2.05) is 6.07 Å². The van der Waals surface area contributed by atoms with Crippen LogP contribution in [-0.4, -0.2) is 13.2 Å². The minimum absolute atomic E-state index is 0.0564. The molecule has 1 unspecified atom stereocenters. The maximum absolute atomic E-state index is 14.1. The zero-order valence-electron chi connectivity index (χ0n) is 12.0. The number of benzene rings is 1. The molecule has 3 nitrogen and oxygen atoms in total. The van der Waals surface area contributed by atoms with Crippen LogP contribution in [0.2, 0.25) is 0 Å². The van der Waals surface area contributed by atoms with Gasteiger partial charge in [0, 0.05) is 6.04 Å². The SMILES string of the molecule is COc1cccc(CC(CC2=CCCCC2)NN)c1F. The van der Waals surface area contributed by atoms with E-state index < -0.39 is 0 Å². The number of allylic oxidation sites excluding steroid dienone is 1. The predicted octanol–water partition coefficient (Wildman–Crippen LogP) is 3.10. The van der Waals surface area contributed by atoms with Gasteiger partial charge in [-0.3, -0.25) is 11.3 Å². The van der Waals surface area contributed by atoms with E-state index in [0.29, 0.717) is 12.0 Å². The molecule has 0 saturated carbocycles. The molecule has 1 aromatic carbocycles. The van der Waals surface area contributed by atoms with Gasteiger partial charge >= 0.3 is 0 Å². The maximum atomic E-state index is 14.1. The maximum Gasteiger partial charge on any atom is 0.168 e. The van der Waals surface area contributed by atoms with Gasteiger partial charge in [-0.25, -0.2) is 4.39 Å². The summed E-state index contributed by atoms with van der Waals surface area (Å²) in [4.78, 5) is 0. The van der Waals surface area contributed by atoms with Crippen LogP contribution in [0.5, 0.6) is 5.75 Å². The first-order chi connectivity index (χ1) is 9.74. The van der Waals surface area contributed by atoms with Gasteiger partial charge in [0.05, 0.1) is 7.11 Å². The highest BCUT2D eigenvalue weighted by Gasteiger charge is 2.16. The van der Waals surface area contributed by atoms with Crippen molar-refractivity contribution < 1.29 is 9.13 Å². The summed E-state index contributed by atoms with van der Waals surface area (Å²) in [5, 5.41) is 0. The molecule has 2 rings (SSSR count). The lowest BCUT2D eigenvalue weighted by Gasteiger charge is -2.20. The largest absolute Gasteiger partial charge is 0.494 e. The van der Waals surface area contributed by atoms with E-state index in [1.165, 1.54) is 25.5 Å². The quantitative estimate of drug-likeness (QED) is 0.477. The second-order valence-corrected chi connectivity index (χ2v) is 5.31. The Morgan fingerprint density at radius 2 is 2.20 bits per heavy atom. The summed E-state index contributed by atoms with van der Waals surface area (Å²) < 4.78 is 19.2. The summed E-state index contributed by atoms with van der Waals surface area (Å²) in [6.45, 7) is 0. The number of rotatable bonds is 6. The minimum Gasteiger partial charge on any atom is -0.494 e. The molecule has 0 heterocycles. The number of hydrazine groups is 1. The van der Waals surface area contributed by atoms with Gasteiger partial charge < -0.3 is 4.74 Å². The summed E-state index contributed by atoms with van der Waals surface area (Å²) in [6, 6.07) is 5.29. The predicted molar refractivity (Wildman–Crippen MR) is 78.9 cm³/mol. The van der Waals surface area contributed by atoms with Crippen molar-refractivity contribution in [2.24, 2.45) is 5.84 Å². The lowest BCUT2D eigenvalue weighted by atomic mass is 9.92. The number of nitrogens with two attached hydrogens (primary N) is 1. The topological polar surface area (TPSA) is 47.3 Å². The number of methoxy groups -OCH3 is 1. The van der Waals surface area contributed by atoms with E-state index in [-0.39, 0.29) is 17.6 Å². The number of hydrogen-bond acceptors (Lipinski definition) is 3. The Morgan fingerprint density at radius 3 is 2.85 bits per heavy atom. The fourth-order valence-corrected chi connectivity index (χ4v) is 2.73. The lowest BCUT2D eigenvalue weighted by Crippen LogP contribution is -2.37. The monoisotopic (exact) mass is 278 g/mol. The number of ether oxygens (including phenoxy) is 1. The van der Waals surface area contributed by atoms with Crippen molar-refractivity contribution >= 4 is 0 Å². The van der Waals surface area contributed by atoms with Crippen molar-refractivity contribution in [2.45, 2.75) is 44.6 Å². The molecule has 1 atom stereocenters. The molecule has 0 saturated heterocycles. The summed E-state index contributed by atoms with van der Waals surface area (Å²) >= 11 is 0. The van der Waals surface area contributed by atoms with Crippen molar-refractivity contribution in [3.8, 4) is 5.75 Å². The molecule has 1 aliphatic rings. The van der Waals surface area contributed by atoms with Crippen LogP contribution in [0.4, 0.5) is 4.39 Å². The van der Waals surface area contributed by atoms with Crippen LogP contribution in [0.3, 0.4) is 0 Å². The van der Waals surface area contributed by atoms with Crippen LogP contribution < -0.4 is 16.0 Å². The van der Waals surface area contributed by atoms with Gasteiger partial charge in [-0.2, -0.15) is 0 Å². The van der Waals surface area contributed by atoms with Gasteiger partial charge in [-0.1, -0.05) is 23.8 Å². The first-order valence-electron chi connectivity index (χ1n) is 7.20. The molecule has 0 spiro atoms. The van der Waals surface area contributed by atoms with Gasteiger partial charge in [-0.05, 0) is 50.2 Å². The summed E-state index contributed by atoms with van der Waals surface area (Å²) in [6.07, 6.45) is 8.56. The van der Waals surface area contributed by atoms with E-state index in [2.05, 4.69) is 11.5 Å². The zero-order valence-corrected chi connectivity index (χ0v) is 12.0. The van der Waals surface area contributed by atoms with E-state index in [9.17, 15) is 4.39 Å². The van der Waals surface area contributed by atoms with Crippen molar-refractivity contribution in [3.05, 3.63) is 41.2 Å². The Bertz CT molecular complexity index is 474. The Balaban J connectivity index is 2.04. The van der Waals surface area contributed by atoms with Crippen molar-refractivity contribution in [2.75, 3.05) is 7.11 Å². The van der Waals surface area contributed by atoms with Crippen LogP contribution in [0.1, 0.15) is 37.7 Å². The molecular formula is C16H23FN2O. The van der Waals surface area contributed by atoms with Crippen LogP contribution in [0, 0.1) is 5.82 Å². The molecule has 1 aliphatic carbocycles. The summed E-state index contributed by atoms with van der Waals surface area (Å²) in [5.74, 6) is 5.63. The van der Waals surface area contributed by atoms with Crippen LogP contribution >= 0.6 is 0 Å². The zero-order chi connectivity index (χ0) is 14.4. The molecule has 0 radical (unpaired) electrons. The van der Waals surface area contributed by atoms with Crippen molar-refractivity contribution in [1.82, 2.24) is 5.43 Å². The van der Waals surface area contributed by atoms with Crippen LogP contribution in [0.25, 0.3) is 0 Å². The first kappa shape index (κ1) is 15.0. The third kappa shape index (κ3) is 3.81. The Hall–Kier alpha value is -1.39. The average molecular weight is 278 g/mol. The first-order valence-corrected chi connectivity index (χ1v) is 7.20. The van der Waals surface area contributed by atoms with Crippen molar-refractivity contribution in [1.29, 1.82) is 0 Å². The molecule has 1 aromatic rings. The van der Waals surface area contributed by atoms with Crippen LogP contribution in [0.15, 0.2) is 29.8 Å². The van der Waals surface area contributed by atoms with E-state index in [0.717, 1.165) is 19.3 Å². The van der Waals surface area contributed by atoms with E-state index >= 15 is 0 Å². The second kappa shape index (κ2) is 7.41. The Labute approximate surface area is 120 Å². The molecule has 0 aromatic heterocycles. The second-order valence-electron chi connectivity index (χ2n) is 5.31. The molecule has 0 fully saturated rings. The Morgan fingerprint density at radius 1 is 1.35 bits per heavy atom. The van der Waals surface area contributed by atoms with Gasteiger partial charge in [0.15, 0.2) is 11.6 Å². The molecule has 110 valence electrons. The highest BCUT2D eigenvalue weighted by molar-refractivity contribution is 5.31. The van der Waals surface area contributed by atoms with Crippen LogP contribution in [-0.2, 0) is 6.42 Å². The van der Waals surface area contributed by atoms with E-state index in [1.54, 1.807) is 12.1 Å². The highest BCUT2D eigenvalue weighted by atomic mass is 19.1. The molecule has 0 amide bonds. The smallest absolute Gasteiger partial charge is 0.168 e. The Kier molecular flexibility index (Phi) is 5.56. The molecule has 20 heavy (non-hydrogen) atoms. The van der Waals surface area contributed by atoms with E-state index in [4.69, 9.17) is 10.6 Å². The fraction of sp³-hybridized carbons (Fsp3) is 0.500. The normalized spacial score (nSPS) is 16.6. The minimum atomic E-state index is -0.284. The third-order valence-electron chi connectivity index (χ3n) is 3.86. The molecule has 4 heteroatoms. The number of halogens is 1. The van der Waals surface area contributed by atoms with Gasteiger partial charge in [0.1, 0.15) is 0 Å². The number of hydrogen-bond donors (Lipinski definition) is 2. The lowest BCUT2D eigenvalue weighted by molar-refractivity contribution is 0.382. The molecule has 0 aliphatic heterocycles.